The summed E-state index contributed by atoms with van der Waals surface area (Å²) in [6, 6.07) is 6.19. The second-order valence-electron chi connectivity index (χ2n) is 3.84. The molecule has 0 aliphatic carbocycles. The van der Waals surface area contributed by atoms with E-state index in [4.69, 9.17) is 11.6 Å². The quantitative estimate of drug-likeness (QED) is 0.489. The van der Waals surface area contributed by atoms with Gasteiger partial charge in [-0.3, -0.25) is 14.8 Å². The van der Waals surface area contributed by atoms with Gasteiger partial charge in [-0.15, -0.1) is 0 Å². The van der Waals surface area contributed by atoms with E-state index in [1.807, 2.05) is 0 Å². The van der Waals surface area contributed by atoms with E-state index in [0.717, 1.165) is 6.07 Å². The molecule has 10 heteroatoms. The van der Waals surface area contributed by atoms with E-state index in [1.165, 1.54) is 30.5 Å². The smallest absolute Gasteiger partial charge is 0.271 e. The van der Waals surface area contributed by atoms with Crippen LogP contribution in [0.25, 0.3) is 0 Å². The van der Waals surface area contributed by atoms with Crippen molar-refractivity contribution in [2.45, 2.75) is 4.90 Å². The molecule has 1 aromatic carbocycles. The second kappa shape index (κ2) is 5.96. The van der Waals surface area contributed by atoms with Crippen molar-refractivity contribution in [1.82, 2.24) is 4.98 Å². The maximum Gasteiger partial charge on any atom is 0.271 e. The number of nitro groups is 1. The number of anilines is 1. The van der Waals surface area contributed by atoms with Gasteiger partial charge in [-0.2, -0.15) is 0 Å². The summed E-state index contributed by atoms with van der Waals surface area (Å²) in [5.74, 6) is 0. The molecule has 2 aromatic rings. The monoisotopic (exact) mass is 391 g/mol. The lowest BCUT2D eigenvalue weighted by atomic mass is 10.3. The Morgan fingerprint density at radius 3 is 2.62 bits per heavy atom. The average Bonchev–Trinajstić information content (AvgIpc) is 2.41. The number of non-ortho nitro benzene ring substituents is 1. The molecule has 0 atom stereocenters. The predicted molar refractivity (Wildman–Crippen MR) is 80.9 cm³/mol. The molecule has 1 aromatic heterocycles. The van der Waals surface area contributed by atoms with Crippen LogP contribution in [0.4, 0.5) is 11.4 Å². The Labute approximate surface area is 133 Å². The lowest BCUT2D eigenvalue weighted by molar-refractivity contribution is -0.384. The molecule has 0 radical (unpaired) electrons. The van der Waals surface area contributed by atoms with Crippen molar-refractivity contribution in [1.29, 1.82) is 0 Å². The first-order valence-corrected chi connectivity index (χ1v) is 8.03. The molecule has 0 spiro atoms. The highest BCUT2D eigenvalue weighted by Crippen LogP contribution is 2.29. The Kier molecular flexibility index (Phi) is 4.45. The number of pyridine rings is 1. The Hall–Kier alpha value is -1.71. The van der Waals surface area contributed by atoms with E-state index in [-0.39, 0.29) is 21.4 Å². The number of hydrogen-bond acceptors (Lipinski definition) is 5. The van der Waals surface area contributed by atoms with Gasteiger partial charge in [-0.05, 0) is 34.1 Å². The number of rotatable bonds is 4. The highest BCUT2D eigenvalue weighted by Gasteiger charge is 2.18. The molecule has 0 saturated heterocycles. The fraction of sp³-hybridized carbons (Fsp3) is 0. The highest BCUT2D eigenvalue weighted by molar-refractivity contribution is 9.10. The summed E-state index contributed by atoms with van der Waals surface area (Å²) in [7, 11) is -3.93. The molecule has 1 N–H and O–H groups in total. The summed E-state index contributed by atoms with van der Waals surface area (Å²) in [5.41, 5.74) is -0.180. The zero-order valence-corrected chi connectivity index (χ0v) is 13.3. The molecule has 1 heterocycles. The van der Waals surface area contributed by atoms with Gasteiger partial charge in [0.2, 0.25) is 0 Å². The molecule has 7 nitrogen and oxygen atoms in total. The number of benzene rings is 1. The average molecular weight is 393 g/mol. The van der Waals surface area contributed by atoms with Crippen molar-refractivity contribution in [3.63, 3.8) is 0 Å². The van der Waals surface area contributed by atoms with E-state index in [1.54, 1.807) is 0 Å². The third-order valence-corrected chi connectivity index (χ3v) is 4.67. The minimum absolute atomic E-state index is 0.0241. The van der Waals surface area contributed by atoms with Crippen LogP contribution in [-0.4, -0.2) is 18.3 Å². The number of sulfonamides is 1. The number of nitro benzene ring substituents is 1. The SMILES string of the molecule is O=[N+]([O-])c1ccc(Br)c(NS(=O)(=O)c2ccnc(Cl)c2)c1. The van der Waals surface area contributed by atoms with Crippen LogP contribution in [-0.2, 0) is 10.0 Å². The first-order valence-electron chi connectivity index (χ1n) is 5.38. The fourth-order valence-corrected chi connectivity index (χ4v) is 3.26. The van der Waals surface area contributed by atoms with Crippen LogP contribution in [0.2, 0.25) is 5.15 Å². The van der Waals surface area contributed by atoms with Crippen LogP contribution in [0.1, 0.15) is 0 Å². The zero-order valence-electron chi connectivity index (χ0n) is 10.2. The highest BCUT2D eigenvalue weighted by atomic mass is 79.9. The van der Waals surface area contributed by atoms with E-state index in [9.17, 15) is 18.5 Å². The van der Waals surface area contributed by atoms with E-state index in [2.05, 4.69) is 25.6 Å². The molecule has 0 saturated carbocycles. The zero-order chi connectivity index (χ0) is 15.6. The van der Waals surface area contributed by atoms with E-state index in [0.29, 0.717) is 4.47 Å². The van der Waals surface area contributed by atoms with Crippen LogP contribution in [0.3, 0.4) is 0 Å². The number of nitrogens with zero attached hydrogens (tertiary/aromatic N) is 2. The molecule has 0 unspecified atom stereocenters. The van der Waals surface area contributed by atoms with Gasteiger partial charge in [0.15, 0.2) is 0 Å². The minimum Gasteiger partial charge on any atom is -0.278 e. The van der Waals surface area contributed by atoms with Gasteiger partial charge >= 0.3 is 0 Å². The van der Waals surface area contributed by atoms with Crippen LogP contribution in [0, 0.1) is 10.1 Å². The van der Waals surface area contributed by atoms with Crippen molar-refractivity contribution < 1.29 is 13.3 Å². The Bertz CT molecular complexity index is 813. The van der Waals surface area contributed by atoms with Gasteiger partial charge in [0, 0.05) is 22.8 Å². The van der Waals surface area contributed by atoms with Crippen molar-refractivity contribution in [3.05, 3.63) is 56.3 Å². The summed E-state index contributed by atoms with van der Waals surface area (Å²) < 4.78 is 27.0. The molecule has 0 aliphatic heterocycles. The van der Waals surface area contributed by atoms with Gasteiger partial charge in [0.25, 0.3) is 15.7 Å². The maximum absolute atomic E-state index is 12.2. The number of nitrogens with one attached hydrogen (secondary N) is 1. The molecule has 21 heavy (non-hydrogen) atoms. The molecule has 0 aliphatic rings. The Morgan fingerprint density at radius 2 is 2.00 bits per heavy atom. The summed E-state index contributed by atoms with van der Waals surface area (Å²) >= 11 is 8.78. The van der Waals surface area contributed by atoms with Crippen LogP contribution in [0.5, 0.6) is 0 Å². The number of aromatic nitrogens is 1. The van der Waals surface area contributed by atoms with E-state index < -0.39 is 14.9 Å². The number of halogens is 2. The molecule has 2 rings (SSSR count). The van der Waals surface area contributed by atoms with Crippen LogP contribution >= 0.6 is 27.5 Å². The van der Waals surface area contributed by atoms with Crippen molar-refractivity contribution in [2.75, 3.05) is 4.72 Å². The minimum atomic E-state index is -3.93. The van der Waals surface area contributed by atoms with Crippen molar-refractivity contribution in [2.24, 2.45) is 0 Å². The first kappa shape index (κ1) is 15.7. The molecule has 0 fully saturated rings. The maximum atomic E-state index is 12.2. The molecular formula is C11H7BrClN3O4S. The van der Waals surface area contributed by atoms with Crippen LogP contribution < -0.4 is 4.72 Å². The second-order valence-corrected chi connectivity index (χ2v) is 6.77. The van der Waals surface area contributed by atoms with Gasteiger partial charge in [0.1, 0.15) is 5.15 Å². The van der Waals surface area contributed by atoms with Gasteiger partial charge in [-0.1, -0.05) is 11.6 Å². The topological polar surface area (TPSA) is 102 Å². The molecular weight excluding hydrogens is 386 g/mol. The third-order valence-electron chi connectivity index (χ3n) is 2.41. The van der Waals surface area contributed by atoms with Crippen LogP contribution in [0.15, 0.2) is 45.9 Å². The normalized spacial score (nSPS) is 11.1. The predicted octanol–water partition coefficient (Wildman–Crippen LogP) is 3.21. The summed E-state index contributed by atoms with van der Waals surface area (Å²) in [6.45, 7) is 0. The van der Waals surface area contributed by atoms with Crippen molar-refractivity contribution in [3.8, 4) is 0 Å². The van der Waals surface area contributed by atoms with Crippen molar-refractivity contribution >= 4 is 48.9 Å². The third kappa shape index (κ3) is 3.69. The van der Waals surface area contributed by atoms with Gasteiger partial charge < -0.3 is 0 Å². The van der Waals surface area contributed by atoms with Gasteiger partial charge in [-0.25, -0.2) is 13.4 Å². The standard InChI is InChI=1S/C11H7BrClN3O4S/c12-9-2-1-7(16(17)18)5-10(9)15-21(19,20)8-3-4-14-11(13)6-8/h1-6,15H. The van der Waals surface area contributed by atoms with Gasteiger partial charge in [0.05, 0.1) is 15.5 Å². The molecule has 0 bridgehead atoms. The first-order chi connectivity index (χ1) is 9.79. The summed E-state index contributed by atoms with van der Waals surface area (Å²) in [5, 5.41) is 10.8. The largest absolute Gasteiger partial charge is 0.278 e. The summed E-state index contributed by atoms with van der Waals surface area (Å²) in [4.78, 5) is 13.7. The fourth-order valence-electron chi connectivity index (χ4n) is 1.46. The molecule has 110 valence electrons. The van der Waals surface area contributed by atoms with E-state index >= 15 is 0 Å². The molecule has 0 amide bonds. The summed E-state index contributed by atoms with van der Waals surface area (Å²) in [6.07, 6.45) is 1.25. The number of hydrogen-bond donors (Lipinski definition) is 1. The lowest BCUT2D eigenvalue weighted by Crippen LogP contribution is -2.13. The Balaban J connectivity index is 2.41. The Morgan fingerprint density at radius 1 is 1.29 bits per heavy atom. The lowest BCUT2D eigenvalue weighted by Gasteiger charge is -2.09.